The number of halogens is 4. The van der Waals surface area contributed by atoms with Crippen molar-refractivity contribution in [2.45, 2.75) is 37.4 Å². The van der Waals surface area contributed by atoms with Crippen LogP contribution in [0.4, 0.5) is 13.2 Å². The molecule has 23 heavy (non-hydrogen) atoms. The molecule has 0 amide bonds. The first-order valence-electron chi connectivity index (χ1n) is 7.86. The summed E-state index contributed by atoms with van der Waals surface area (Å²) in [6.07, 6.45) is -0.546. The lowest BCUT2D eigenvalue weighted by Gasteiger charge is -2.46. The highest BCUT2D eigenvalue weighted by atomic mass is 35.5. The molecule has 1 heterocycles. The van der Waals surface area contributed by atoms with Crippen LogP contribution in [-0.2, 0) is 12.6 Å². The van der Waals surface area contributed by atoms with E-state index in [0.717, 1.165) is 50.0 Å². The third-order valence-corrected chi connectivity index (χ3v) is 5.29. The molecule has 1 aromatic rings. The fourth-order valence-corrected chi connectivity index (χ4v) is 3.70. The SMILES string of the molecule is CN1CCC[C@](CCc2ccc(C(F)(F)F)cc2Cl)(N(C)C)C1. The molecular formula is C17H24ClF3N2. The molecule has 1 aliphatic rings. The number of benzene rings is 1. The Kier molecular flexibility index (Phi) is 5.64. The normalized spacial score (nSPS) is 23.5. The molecule has 1 aliphatic heterocycles. The predicted molar refractivity (Wildman–Crippen MR) is 87.9 cm³/mol. The minimum atomic E-state index is -4.35. The Balaban J connectivity index is 2.12. The zero-order chi connectivity index (χ0) is 17.3. The van der Waals surface area contributed by atoms with Crippen molar-refractivity contribution in [3.63, 3.8) is 0 Å². The van der Waals surface area contributed by atoms with Gasteiger partial charge >= 0.3 is 6.18 Å². The summed E-state index contributed by atoms with van der Waals surface area (Å²) in [7, 11) is 6.27. The van der Waals surface area contributed by atoms with Crippen LogP contribution in [0.2, 0.25) is 5.02 Å². The lowest BCUT2D eigenvalue weighted by molar-refractivity contribution is -0.137. The van der Waals surface area contributed by atoms with Gasteiger partial charge in [-0.25, -0.2) is 0 Å². The van der Waals surface area contributed by atoms with Gasteiger partial charge in [-0.15, -0.1) is 0 Å². The maximum absolute atomic E-state index is 12.7. The first-order valence-corrected chi connectivity index (χ1v) is 8.23. The average Bonchev–Trinajstić information content (AvgIpc) is 2.44. The standard InChI is InChI=1S/C17H24ClF3N2/c1-22(2)16(8-4-10-23(3)12-16)9-7-13-5-6-14(11-15(13)18)17(19,20)21/h5-6,11H,4,7-10,12H2,1-3H3/t16-/m1/s1. The van der Waals surface area contributed by atoms with E-state index in [1.165, 1.54) is 6.07 Å². The van der Waals surface area contributed by atoms with Gasteiger partial charge in [-0.3, -0.25) is 0 Å². The minimum absolute atomic E-state index is 0.0546. The number of likely N-dealkylation sites (N-methyl/N-ethyl adjacent to an activating group) is 2. The molecule has 0 aromatic heterocycles. The van der Waals surface area contributed by atoms with Gasteiger partial charge in [0.1, 0.15) is 0 Å². The van der Waals surface area contributed by atoms with Crippen LogP contribution < -0.4 is 0 Å². The zero-order valence-corrected chi connectivity index (χ0v) is 14.6. The van der Waals surface area contributed by atoms with Crippen LogP contribution in [0.15, 0.2) is 18.2 Å². The number of alkyl halides is 3. The average molecular weight is 349 g/mol. The molecule has 130 valence electrons. The van der Waals surface area contributed by atoms with E-state index in [9.17, 15) is 13.2 Å². The van der Waals surface area contributed by atoms with Crippen LogP contribution in [-0.4, -0.2) is 49.6 Å². The highest BCUT2D eigenvalue weighted by Gasteiger charge is 2.36. The van der Waals surface area contributed by atoms with Crippen LogP contribution >= 0.6 is 11.6 Å². The molecule has 0 aliphatic carbocycles. The summed E-state index contributed by atoms with van der Waals surface area (Å²) in [6.45, 7) is 2.06. The molecule has 0 unspecified atom stereocenters. The van der Waals surface area contributed by atoms with Crippen LogP contribution in [0.1, 0.15) is 30.4 Å². The number of hydrogen-bond donors (Lipinski definition) is 0. The Bertz CT molecular complexity index is 545. The van der Waals surface area contributed by atoms with Crippen molar-refractivity contribution >= 4 is 11.6 Å². The number of likely N-dealkylation sites (tertiary alicyclic amines) is 1. The first kappa shape index (κ1) is 18.6. The van der Waals surface area contributed by atoms with Gasteiger partial charge in [0, 0.05) is 17.1 Å². The van der Waals surface area contributed by atoms with Gasteiger partial charge < -0.3 is 9.80 Å². The number of hydrogen-bond acceptors (Lipinski definition) is 2. The molecule has 6 heteroatoms. The fourth-order valence-electron chi connectivity index (χ4n) is 3.43. The maximum Gasteiger partial charge on any atom is 0.416 e. The largest absolute Gasteiger partial charge is 0.416 e. The van der Waals surface area contributed by atoms with E-state index in [0.29, 0.717) is 6.42 Å². The number of rotatable bonds is 4. The maximum atomic E-state index is 12.7. The van der Waals surface area contributed by atoms with Gasteiger partial charge in [0.05, 0.1) is 5.56 Å². The third kappa shape index (κ3) is 4.40. The summed E-state index contributed by atoms with van der Waals surface area (Å²) in [5.41, 5.74) is 0.152. The molecule has 2 nitrogen and oxygen atoms in total. The lowest BCUT2D eigenvalue weighted by atomic mass is 9.82. The van der Waals surface area contributed by atoms with Crippen molar-refractivity contribution in [3.8, 4) is 0 Å². The van der Waals surface area contributed by atoms with Gasteiger partial charge in [-0.1, -0.05) is 17.7 Å². The molecule has 1 fully saturated rings. The summed E-state index contributed by atoms with van der Waals surface area (Å²) >= 11 is 6.08. The van der Waals surface area contributed by atoms with Crippen molar-refractivity contribution in [3.05, 3.63) is 34.3 Å². The first-order chi connectivity index (χ1) is 10.6. The molecule has 1 saturated heterocycles. The molecule has 2 rings (SSSR count). The second kappa shape index (κ2) is 6.99. The monoisotopic (exact) mass is 348 g/mol. The quantitative estimate of drug-likeness (QED) is 0.799. The van der Waals surface area contributed by atoms with E-state index in [4.69, 9.17) is 11.6 Å². The Labute approximate surface area is 141 Å². The second-order valence-electron chi connectivity index (χ2n) is 6.76. The third-order valence-electron chi connectivity index (χ3n) is 4.93. The van der Waals surface area contributed by atoms with Crippen LogP contribution in [0.25, 0.3) is 0 Å². The highest BCUT2D eigenvalue weighted by molar-refractivity contribution is 6.31. The summed E-state index contributed by atoms with van der Waals surface area (Å²) < 4.78 is 38.1. The number of piperidine rings is 1. The summed E-state index contributed by atoms with van der Waals surface area (Å²) in [5, 5.41) is 0.206. The Morgan fingerprint density at radius 1 is 1.30 bits per heavy atom. The van der Waals surface area contributed by atoms with Gasteiger partial charge in [-0.2, -0.15) is 13.2 Å². The van der Waals surface area contributed by atoms with Crippen molar-refractivity contribution in [2.24, 2.45) is 0 Å². The summed E-state index contributed by atoms with van der Waals surface area (Å²) in [5.74, 6) is 0. The molecule has 1 atom stereocenters. The van der Waals surface area contributed by atoms with Gasteiger partial charge in [-0.05, 0) is 71.1 Å². The van der Waals surface area contributed by atoms with E-state index in [2.05, 4.69) is 30.9 Å². The topological polar surface area (TPSA) is 6.48 Å². The van der Waals surface area contributed by atoms with E-state index in [-0.39, 0.29) is 10.6 Å². The molecular weight excluding hydrogens is 325 g/mol. The molecule has 0 bridgehead atoms. The molecule has 0 saturated carbocycles. The predicted octanol–water partition coefficient (Wildman–Crippen LogP) is 4.32. The molecule has 0 N–H and O–H groups in total. The lowest BCUT2D eigenvalue weighted by Crippen LogP contribution is -2.55. The van der Waals surface area contributed by atoms with Crippen LogP contribution in [0, 0.1) is 0 Å². The summed E-state index contributed by atoms with van der Waals surface area (Å²) in [6, 6.07) is 3.67. The van der Waals surface area contributed by atoms with Crippen LogP contribution in [0.3, 0.4) is 0 Å². The van der Waals surface area contributed by atoms with E-state index in [1.54, 1.807) is 0 Å². The van der Waals surface area contributed by atoms with E-state index in [1.807, 2.05) is 0 Å². The highest BCUT2D eigenvalue weighted by Crippen LogP contribution is 2.34. The molecule has 0 spiro atoms. The number of nitrogens with zero attached hydrogens (tertiary/aromatic N) is 2. The Morgan fingerprint density at radius 3 is 2.52 bits per heavy atom. The second-order valence-corrected chi connectivity index (χ2v) is 7.17. The van der Waals surface area contributed by atoms with E-state index < -0.39 is 11.7 Å². The molecule has 1 aromatic carbocycles. The van der Waals surface area contributed by atoms with Gasteiger partial charge in [0.2, 0.25) is 0 Å². The molecule has 0 radical (unpaired) electrons. The van der Waals surface area contributed by atoms with Crippen LogP contribution in [0.5, 0.6) is 0 Å². The van der Waals surface area contributed by atoms with Crippen molar-refractivity contribution in [1.82, 2.24) is 9.80 Å². The fraction of sp³-hybridized carbons (Fsp3) is 0.647. The zero-order valence-electron chi connectivity index (χ0n) is 13.9. The van der Waals surface area contributed by atoms with Crippen molar-refractivity contribution in [2.75, 3.05) is 34.2 Å². The van der Waals surface area contributed by atoms with Crippen molar-refractivity contribution in [1.29, 1.82) is 0 Å². The Morgan fingerprint density at radius 2 is 2.00 bits per heavy atom. The van der Waals surface area contributed by atoms with Gasteiger partial charge in [0.15, 0.2) is 0 Å². The van der Waals surface area contributed by atoms with Gasteiger partial charge in [0.25, 0.3) is 0 Å². The van der Waals surface area contributed by atoms with Crippen molar-refractivity contribution < 1.29 is 13.2 Å². The Hall–Kier alpha value is -0.780. The smallest absolute Gasteiger partial charge is 0.305 e. The minimum Gasteiger partial charge on any atom is -0.305 e. The number of aryl methyl sites for hydroxylation is 1. The van der Waals surface area contributed by atoms with E-state index >= 15 is 0 Å². The summed E-state index contributed by atoms with van der Waals surface area (Å²) in [4.78, 5) is 4.57.